The lowest BCUT2D eigenvalue weighted by atomic mass is 10.0. The van der Waals surface area contributed by atoms with E-state index in [4.69, 9.17) is 4.74 Å². The molecule has 0 aromatic heterocycles. The van der Waals surface area contributed by atoms with Crippen molar-refractivity contribution in [3.8, 4) is 0 Å². The number of carbonyl (C=O) groups excluding carboxylic acids is 1. The Hall–Kier alpha value is -0.830. The monoisotopic (exact) mass is 156 g/mol. The molecule has 0 saturated heterocycles. The molecule has 62 valence electrons. The average molecular weight is 156 g/mol. The second kappa shape index (κ2) is 3.05. The van der Waals surface area contributed by atoms with Gasteiger partial charge in [0.05, 0.1) is 6.61 Å². The number of aldehydes is 1. The van der Waals surface area contributed by atoms with Gasteiger partial charge in [0.1, 0.15) is 5.76 Å². The van der Waals surface area contributed by atoms with Crippen LogP contribution in [0, 0.1) is 0 Å². The summed E-state index contributed by atoms with van der Waals surface area (Å²) < 4.78 is 5.11. The van der Waals surface area contributed by atoms with Crippen LogP contribution in [0.15, 0.2) is 11.8 Å². The molecule has 0 radical (unpaired) electrons. The van der Waals surface area contributed by atoms with Crippen molar-refractivity contribution in [3.05, 3.63) is 11.8 Å². The predicted octanol–water partition coefficient (Wildman–Crippen LogP) is 0.631. The first kappa shape index (κ1) is 8.27. The number of allylic oxidation sites excluding steroid dienone is 1. The standard InChI is InChI=1S/C8H12O3/c1-8(10,6-9)7-4-2-3-5-11-7/h4,6,10H,2-3,5H2,1H3. The number of rotatable bonds is 2. The second-order valence-corrected chi connectivity index (χ2v) is 2.82. The van der Waals surface area contributed by atoms with Gasteiger partial charge in [0, 0.05) is 0 Å². The van der Waals surface area contributed by atoms with Gasteiger partial charge in [-0.15, -0.1) is 0 Å². The lowest BCUT2D eigenvalue weighted by molar-refractivity contribution is -0.122. The number of aliphatic hydroxyl groups is 1. The molecule has 1 aliphatic heterocycles. The largest absolute Gasteiger partial charge is 0.495 e. The van der Waals surface area contributed by atoms with Gasteiger partial charge in [-0.3, -0.25) is 4.79 Å². The van der Waals surface area contributed by atoms with Gasteiger partial charge in [-0.25, -0.2) is 0 Å². The average Bonchev–Trinajstić information content (AvgIpc) is 2.06. The highest BCUT2D eigenvalue weighted by Crippen LogP contribution is 2.20. The zero-order valence-corrected chi connectivity index (χ0v) is 6.54. The van der Waals surface area contributed by atoms with E-state index in [2.05, 4.69) is 0 Å². The molecule has 0 spiro atoms. The van der Waals surface area contributed by atoms with Crippen LogP contribution in [0.5, 0.6) is 0 Å². The molecular weight excluding hydrogens is 144 g/mol. The molecule has 1 N–H and O–H groups in total. The van der Waals surface area contributed by atoms with E-state index in [1.807, 2.05) is 0 Å². The number of hydrogen-bond donors (Lipinski definition) is 1. The van der Waals surface area contributed by atoms with Gasteiger partial charge < -0.3 is 9.84 Å². The highest BCUT2D eigenvalue weighted by molar-refractivity contribution is 5.66. The van der Waals surface area contributed by atoms with Crippen molar-refractivity contribution in [2.24, 2.45) is 0 Å². The lowest BCUT2D eigenvalue weighted by Gasteiger charge is -2.23. The molecule has 1 aliphatic rings. The van der Waals surface area contributed by atoms with Crippen molar-refractivity contribution in [2.75, 3.05) is 6.61 Å². The molecule has 1 unspecified atom stereocenters. The minimum Gasteiger partial charge on any atom is -0.495 e. The van der Waals surface area contributed by atoms with Crippen molar-refractivity contribution in [1.82, 2.24) is 0 Å². The summed E-state index contributed by atoms with van der Waals surface area (Å²) >= 11 is 0. The fourth-order valence-corrected chi connectivity index (χ4v) is 0.968. The van der Waals surface area contributed by atoms with Crippen molar-refractivity contribution in [3.63, 3.8) is 0 Å². The van der Waals surface area contributed by atoms with Crippen molar-refractivity contribution >= 4 is 6.29 Å². The third-order valence-electron chi connectivity index (χ3n) is 1.66. The minimum absolute atomic E-state index is 0.388. The van der Waals surface area contributed by atoms with Gasteiger partial charge >= 0.3 is 0 Å². The molecule has 0 amide bonds. The summed E-state index contributed by atoms with van der Waals surface area (Å²) in [7, 11) is 0. The van der Waals surface area contributed by atoms with E-state index >= 15 is 0 Å². The van der Waals surface area contributed by atoms with Crippen LogP contribution in [0.1, 0.15) is 19.8 Å². The molecule has 0 fully saturated rings. The van der Waals surface area contributed by atoms with Crippen LogP contribution in [0.25, 0.3) is 0 Å². The lowest BCUT2D eigenvalue weighted by Crippen LogP contribution is -2.31. The Morgan fingerprint density at radius 1 is 1.82 bits per heavy atom. The molecule has 0 aliphatic carbocycles. The van der Waals surface area contributed by atoms with E-state index in [0.717, 1.165) is 12.8 Å². The molecule has 11 heavy (non-hydrogen) atoms. The summed E-state index contributed by atoms with van der Waals surface area (Å²) in [4.78, 5) is 10.4. The summed E-state index contributed by atoms with van der Waals surface area (Å²) in [5, 5.41) is 9.39. The van der Waals surface area contributed by atoms with E-state index in [1.165, 1.54) is 6.92 Å². The topological polar surface area (TPSA) is 46.5 Å². The van der Waals surface area contributed by atoms with Crippen LogP contribution >= 0.6 is 0 Å². The van der Waals surface area contributed by atoms with Crippen LogP contribution < -0.4 is 0 Å². The molecule has 3 heteroatoms. The molecular formula is C8H12O3. The van der Waals surface area contributed by atoms with Gasteiger partial charge in [-0.05, 0) is 25.8 Å². The number of carbonyl (C=O) groups is 1. The first-order valence-corrected chi connectivity index (χ1v) is 3.69. The van der Waals surface area contributed by atoms with Crippen LogP contribution in [0.4, 0.5) is 0 Å². The third-order valence-corrected chi connectivity index (χ3v) is 1.66. The number of hydrogen-bond acceptors (Lipinski definition) is 3. The first-order chi connectivity index (χ1) is 5.17. The zero-order chi connectivity index (χ0) is 8.32. The Bertz CT molecular complexity index is 182. The quantitative estimate of drug-likeness (QED) is 0.596. The summed E-state index contributed by atoms with van der Waals surface area (Å²) in [5.41, 5.74) is -1.43. The Balaban J connectivity index is 2.71. The van der Waals surface area contributed by atoms with Gasteiger partial charge in [0.25, 0.3) is 0 Å². The summed E-state index contributed by atoms with van der Waals surface area (Å²) in [5.74, 6) is 0.388. The van der Waals surface area contributed by atoms with Crippen molar-refractivity contribution in [1.29, 1.82) is 0 Å². The Kier molecular flexibility index (Phi) is 2.29. The van der Waals surface area contributed by atoms with Crippen molar-refractivity contribution in [2.45, 2.75) is 25.4 Å². The highest BCUT2D eigenvalue weighted by atomic mass is 16.5. The van der Waals surface area contributed by atoms with Gasteiger partial charge in [-0.1, -0.05) is 0 Å². The Morgan fingerprint density at radius 2 is 2.55 bits per heavy atom. The molecule has 0 aromatic rings. The van der Waals surface area contributed by atoms with Crippen LogP contribution in [-0.2, 0) is 9.53 Å². The maximum atomic E-state index is 10.4. The molecule has 3 nitrogen and oxygen atoms in total. The maximum absolute atomic E-state index is 10.4. The van der Waals surface area contributed by atoms with Crippen molar-refractivity contribution < 1.29 is 14.6 Å². The summed E-state index contributed by atoms with van der Waals surface area (Å²) in [6.45, 7) is 2.02. The second-order valence-electron chi connectivity index (χ2n) is 2.82. The zero-order valence-electron chi connectivity index (χ0n) is 6.54. The molecule has 0 aromatic carbocycles. The summed E-state index contributed by atoms with van der Waals surface area (Å²) in [6, 6.07) is 0. The molecule has 1 atom stereocenters. The summed E-state index contributed by atoms with van der Waals surface area (Å²) in [6.07, 6.45) is 4.08. The van der Waals surface area contributed by atoms with Gasteiger partial charge in [0.15, 0.2) is 11.9 Å². The van der Waals surface area contributed by atoms with Crippen LogP contribution in [-0.4, -0.2) is 23.6 Å². The van der Waals surface area contributed by atoms with Gasteiger partial charge in [-0.2, -0.15) is 0 Å². The Labute approximate surface area is 65.7 Å². The fourth-order valence-electron chi connectivity index (χ4n) is 0.968. The SMILES string of the molecule is CC(O)(C=O)C1=CCCCO1. The minimum atomic E-state index is -1.43. The highest BCUT2D eigenvalue weighted by Gasteiger charge is 2.27. The van der Waals surface area contributed by atoms with E-state index in [1.54, 1.807) is 6.08 Å². The molecule has 0 bridgehead atoms. The van der Waals surface area contributed by atoms with Crippen LogP contribution in [0.2, 0.25) is 0 Å². The first-order valence-electron chi connectivity index (χ1n) is 3.69. The van der Waals surface area contributed by atoms with Gasteiger partial charge in [0.2, 0.25) is 0 Å². The Morgan fingerprint density at radius 3 is 3.00 bits per heavy atom. The normalized spacial score (nSPS) is 22.9. The van der Waals surface area contributed by atoms with E-state index in [-0.39, 0.29) is 0 Å². The molecule has 0 saturated carbocycles. The van der Waals surface area contributed by atoms with E-state index < -0.39 is 5.60 Å². The van der Waals surface area contributed by atoms with Crippen LogP contribution in [0.3, 0.4) is 0 Å². The molecule has 1 rings (SSSR count). The third kappa shape index (κ3) is 1.80. The molecule has 1 heterocycles. The van der Waals surface area contributed by atoms with E-state index in [0.29, 0.717) is 18.7 Å². The number of ether oxygens (including phenoxy) is 1. The maximum Gasteiger partial charge on any atom is 0.173 e. The smallest absolute Gasteiger partial charge is 0.173 e. The predicted molar refractivity (Wildman–Crippen MR) is 40.0 cm³/mol. The fraction of sp³-hybridized carbons (Fsp3) is 0.625. The van der Waals surface area contributed by atoms with E-state index in [9.17, 15) is 9.90 Å².